The molecule has 28 heavy (non-hydrogen) atoms. The first-order valence-electron chi connectivity index (χ1n) is 9.14. The van der Waals surface area contributed by atoms with E-state index >= 15 is 0 Å². The maximum absolute atomic E-state index is 13.1. The third kappa shape index (κ3) is 4.78. The van der Waals surface area contributed by atoms with Crippen LogP contribution in [0.2, 0.25) is 0 Å². The minimum absolute atomic E-state index is 0.0237. The van der Waals surface area contributed by atoms with Gasteiger partial charge < -0.3 is 14.4 Å². The molecule has 0 fully saturated rings. The van der Waals surface area contributed by atoms with E-state index in [-0.39, 0.29) is 17.6 Å². The molecule has 0 aliphatic rings. The zero-order valence-electron chi connectivity index (χ0n) is 17.4. The van der Waals surface area contributed by atoms with E-state index in [4.69, 9.17) is 13.9 Å². The molecular weight excluding hydrogens is 379 g/mol. The highest BCUT2D eigenvalue weighted by atomic mass is 31.2. The quantitative estimate of drug-likeness (QED) is 0.434. The van der Waals surface area contributed by atoms with Gasteiger partial charge in [-0.05, 0) is 30.9 Å². The van der Waals surface area contributed by atoms with Gasteiger partial charge >= 0.3 is 7.60 Å². The number of pyridine rings is 1. The summed E-state index contributed by atoms with van der Waals surface area (Å²) in [5.74, 6) is 0.807. The molecule has 0 aliphatic carbocycles. The van der Waals surface area contributed by atoms with Crippen molar-refractivity contribution < 1.29 is 23.6 Å². The molecule has 1 atom stereocenters. The van der Waals surface area contributed by atoms with E-state index in [1.165, 1.54) is 13.8 Å². The Morgan fingerprint density at radius 2 is 1.79 bits per heavy atom. The summed E-state index contributed by atoms with van der Waals surface area (Å²) in [5.41, 5.74) is 5.24. The van der Waals surface area contributed by atoms with Crippen LogP contribution in [0.15, 0.2) is 24.5 Å². The molecule has 1 aromatic heterocycles. The summed E-state index contributed by atoms with van der Waals surface area (Å²) in [5, 5.41) is 10.6. The highest BCUT2D eigenvalue weighted by Crippen LogP contribution is 2.54. The average Bonchev–Trinajstić information content (AvgIpc) is 2.62. The van der Waals surface area contributed by atoms with Crippen LogP contribution in [0.25, 0.3) is 0 Å². The summed E-state index contributed by atoms with van der Waals surface area (Å²) in [6, 6.07) is 3.47. The Labute approximate surface area is 166 Å². The molecule has 0 radical (unpaired) electrons. The number of methoxy groups -OCH3 is 1. The van der Waals surface area contributed by atoms with Crippen LogP contribution in [-0.2, 0) is 9.19 Å². The summed E-state index contributed by atoms with van der Waals surface area (Å²) in [4.78, 5) is 3.97. The minimum atomic E-state index is -3.55. The van der Waals surface area contributed by atoms with Crippen molar-refractivity contribution >= 4 is 13.3 Å². The summed E-state index contributed by atoms with van der Waals surface area (Å²) >= 11 is 0. The molecule has 2 rings (SSSR count). The zero-order chi connectivity index (χ0) is 21.1. The number of aromatic hydroxyl groups is 1. The lowest BCUT2D eigenvalue weighted by atomic mass is 9.89. The highest BCUT2D eigenvalue weighted by molar-refractivity contribution is 7.53. The fraction of sp³-hybridized carbons (Fsp3) is 0.450. The van der Waals surface area contributed by atoms with Crippen LogP contribution in [0.1, 0.15) is 56.2 Å². The Kier molecular flexibility index (Phi) is 6.96. The number of nitrogens with zero attached hydrogens (tertiary/aromatic N) is 1. The third-order valence-electron chi connectivity index (χ3n) is 4.31. The Balaban J connectivity index is 2.50. The van der Waals surface area contributed by atoms with Crippen LogP contribution < -0.4 is 14.7 Å². The second-order valence-electron chi connectivity index (χ2n) is 7.27. The van der Waals surface area contributed by atoms with E-state index in [0.29, 0.717) is 28.3 Å². The maximum atomic E-state index is 13.1. The number of benzene rings is 1. The number of hydrogen-bond donors (Lipinski definition) is 2. The van der Waals surface area contributed by atoms with Gasteiger partial charge in [0.15, 0.2) is 11.5 Å². The first-order chi connectivity index (χ1) is 13.1. The first-order valence-corrected chi connectivity index (χ1v) is 11.1. The van der Waals surface area contributed by atoms with Gasteiger partial charge in [-0.3, -0.25) is 10.5 Å². The molecule has 7 nitrogen and oxygen atoms in total. The number of ether oxygens (including phenoxy) is 1. The number of phenols is 1. The second kappa shape index (κ2) is 8.84. The molecule has 1 aromatic carbocycles. The number of hydrogen-bond acceptors (Lipinski definition) is 7. The normalized spacial score (nSPS) is 13.5. The van der Waals surface area contributed by atoms with Crippen molar-refractivity contribution in [2.24, 2.45) is 0 Å². The lowest BCUT2D eigenvalue weighted by Gasteiger charge is -2.27. The summed E-state index contributed by atoms with van der Waals surface area (Å²) in [6.45, 7) is 11.1. The predicted molar refractivity (Wildman–Crippen MR) is 111 cm³/mol. The van der Waals surface area contributed by atoms with E-state index in [2.05, 4.69) is 10.5 Å². The van der Waals surface area contributed by atoms with E-state index < -0.39 is 7.60 Å². The molecule has 0 saturated heterocycles. The number of rotatable bonds is 8. The average molecular weight is 408 g/mol. The molecule has 0 saturated carbocycles. The van der Waals surface area contributed by atoms with Gasteiger partial charge in [-0.15, -0.1) is 0 Å². The van der Waals surface area contributed by atoms with Gasteiger partial charge in [0.25, 0.3) is 0 Å². The molecule has 0 amide bonds. The van der Waals surface area contributed by atoms with Gasteiger partial charge in [0.05, 0.1) is 25.7 Å². The van der Waals surface area contributed by atoms with E-state index in [1.54, 1.807) is 31.5 Å². The molecule has 8 heteroatoms. The maximum Gasteiger partial charge on any atom is 0.397 e. The Bertz CT molecular complexity index is 869. The van der Waals surface area contributed by atoms with E-state index in [0.717, 1.165) is 5.56 Å². The van der Waals surface area contributed by atoms with Crippen molar-refractivity contribution in [3.8, 4) is 17.2 Å². The Morgan fingerprint density at radius 3 is 2.29 bits per heavy atom. The van der Waals surface area contributed by atoms with Crippen molar-refractivity contribution in [3.63, 3.8) is 0 Å². The molecule has 0 aliphatic heterocycles. The largest absolute Gasteiger partial charge is 0.504 e. The molecule has 0 bridgehead atoms. The lowest BCUT2D eigenvalue weighted by molar-refractivity contribution is 0.317. The SMILES string of the molecule is COc1c(O)c(C)c(C(C)C)c(OP(C)(=O)ONc2cccnc2)c1C(C)C. The summed E-state index contributed by atoms with van der Waals surface area (Å²) < 4.78 is 29.8. The monoisotopic (exact) mass is 408 g/mol. The van der Waals surface area contributed by atoms with Crippen LogP contribution in [0.3, 0.4) is 0 Å². The van der Waals surface area contributed by atoms with Crippen LogP contribution in [-0.4, -0.2) is 23.9 Å². The van der Waals surface area contributed by atoms with Gasteiger partial charge in [-0.25, -0.2) is 4.57 Å². The summed E-state index contributed by atoms with van der Waals surface area (Å²) in [6.07, 6.45) is 3.18. The van der Waals surface area contributed by atoms with Crippen molar-refractivity contribution in [3.05, 3.63) is 41.2 Å². The minimum Gasteiger partial charge on any atom is -0.504 e. The fourth-order valence-corrected chi connectivity index (χ4v) is 3.95. The van der Waals surface area contributed by atoms with Crippen molar-refractivity contribution in [1.82, 2.24) is 4.98 Å². The molecule has 2 aromatic rings. The smallest absolute Gasteiger partial charge is 0.397 e. The predicted octanol–water partition coefficient (Wildman–Crippen LogP) is 5.60. The second-order valence-corrected chi connectivity index (χ2v) is 9.18. The zero-order valence-corrected chi connectivity index (χ0v) is 18.3. The number of nitrogens with one attached hydrogen (secondary N) is 1. The van der Waals surface area contributed by atoms with Crippen molar-refractivity contribution in [2.45, 2.75) is 46.5 Å². The van der Waals surface area contributed by atoms with Gasteiger partial charge in [0, 0.05) is 22.9 Å². The van der Waals surface area contributed by atoms with Gasteiger partial charge in [0.1, 0.15) is 5.75 Å². The van der Waals surface area contributed by atoms with Crippen LogP contribution >= 0.6 is 7.60 Å². The molecule has 0 spiro atoms. The summed E-state index contributed by atoms with van der Waals surface area (Å²) in [7, 11) is -2.06. The van der Waals surface area contributed by atoms with E-state index in [9.17, 15) is 9.67 Å². The molecule has 154 valence electrons. The van der Waals surface area contributed by atoms with Gasteiger partial charge in [-0.1, -0.05) is 27.7 Å². The Hall–Kier alpha value is -2.24. The Morgan fingerprint density at radius 1 is 1.14 bits per heavy atom. The number of aromatic nitrogens is 1. The van der Waals surface area contributed by atoms with Crippen molar-refractivity contribution in [1.29, 1.82) is 0 Å². The van der Waals surface area contributed by atoms with Gasteiger partial charge in [-0.2, -0.15) is 4.62 Å². The number of phenolic OH excluding ortho intramolecular Hbond substituents is 1. The lowest BCUT2D eigenvalue weighted by Crippen LogP contribution is -2.10. The topological polar surface area (TPSA) is 89.9 Å². The highest BCUT2D eigenvalue weighted by Gasteiger charge is 2.31. The molecule has 1 unspecified atom stereocenters. The molecular formula is C20H29N2O5P. The van der Waals surface area contributed by atoms with Gasteiger partial charge in [0.2, 0.25) is 0 Å². The third-order valence-corrected chi connectivity index (χ3v) is 5.25. The van der Waals surface area contributed by atoms with E-state index in [1.807, 2.05) is 27.7 Å². The molecule has 1 heterocycles. The molecule has 2 N–H and O–H groups in total. The van der Waals surface area contributed by atoms with Crippen LogP contribution in [0, 0.1) is 6.92 Å². The van der Waals surface area contributed by atoms with Crippen molar-refractivity contribution in [2.75, 3.05) is 19.3 Å². The van der Waals surface area contributed by atoms with Crippen LogP contribution in [0.5, 0.6) is 17.2 Å². The standard InChI is InChI=1S/C20H29N2O5P/c1-12(2)16-14(5)18(23)20(25-6)17(13(3)4)19(16)26-28(7,24)27-22-15-9-8-10-21-11-15/h8-13,22-23H,1-7H3. The number of anilines is 1. The first kappa shape index (κ1) is 22.1. The van der Waals surface area contributed by atoms with Crippen LogP contribution in [0.4, 0.5) is 5.69 Å². The fourth-order valence-electron chi connectivity index (χ4n) is 3.11.